The molecule has 0 radical (unpaired) electrons. The number of esters is 1. The molecule has 1 N–H and O–H groups in total. The minimum absolute atomic E-state index is 0.102. The van der Waals surface area contributed by atoms with Gasteiger partial charge in [-0.15, -0.1) is 0 Å². The molecule has 2 rings (SSSR count). The summed E-state index contributed by atoms with van der Waals surface area (Å²) in [4.78, 5) is 24.2. The second-order valence-corrected chi connectivity index (χ2v) is 8.76. The Morgan fingerprint density at radius 3 is 2.45 bits per heavy atom. The van der Waals surface area contributed by atoms with Gasteiger partial charge in [-0.05, 0) is 50.1 Å². The van der Waals surface area contributed by atoms with Gasteiger partial charge in [0.15, 0.2) is 0 Å². The van der Waals surface area contributed by atoms with Crippen LogP contribution >= 0.6 is 0 Å². The first-order chi connectivity index (χ1) is 14.7. The summed E-state index contributed by atoms with van der Waals surface area (Å²) in [5.74, 6) is -0.294. The van der Waals surface area contributed by atoms with Crippen LogP contribution in [0, 0.1) is 6.92 Å². The molecule has 168 valence electrons. The monoisotopic (exact) mass is 448 g/mol. The van der Waals surface area contributed by atoms with Gasteiger partial charge < -0.3 is 14.8 Å². The number of anilines is 2. The Hall–Kier alpha value is -3.07. The van der Waals surface area contributed by atoms with Crippen molar-refractivity contribution in [3.63, 3.8) is 0 Å². The molecule has 0 aliphatic heterocycles. The zero-order chi connectivity index (χ0) is 23.0. The molecule has 0 saturated carbocycles. The molecule has 0 aliphatic carbocycles. The van der Waals surface area contributed by atoms with Crippen LogP contribution in [0.5, 0.6) is 5.75 Å². The SMILES string of the molecule is CCOc1ccccc1N(CCCC(=O)Nc1cccc(C(=O)OC)c1C)S(C)(=O)=O. The molecule has 0 atom stereocenters. The number of rotatable bonds is 10. The third-order valence-electron chi connectivity index (χ3n) is 4.61. The van der Waals surface area contributed by atoms with Crippen LogP contribution < -0.4 is 14.4 Å². The van der Waals surface area contributed by atoms with Crippen molar-refractivity contribution in [3.8, 4) is 5.75 Å². The van der Waals surface area contributed by atoms with E-state index >= 15 is 0 Å². The van der Waals surface area contributed by atoms with Crippen molar-refractivity contribution >= 4 is 33.3 Å². The second kappa shape index (κ2) is 10.8. The number of hydrogen-bond donors (Lipinski definition) is 1. The molecule has 0 bridgehead atoms. The summed E-state index contributed by atoms with van der Waals surface area (Å²) < 4.78 is 36.2. The summed E-state index contributed by atoms with van der Waals surface area (Å²) in [7, 11) is -2.27. The predicted molar refractivity (Wildman–Crippen MR) is 120 cm³/mol. The van der Waals surface area contributed by atoms with Gasteiger partial charge in [0.05, 0.1) is 31.2 Å². The third kappa shape index (κ3) is 6.45. The van der Waals surface area contributed by atoms with Gasteiger partial charge in [-0.2, -0.15) is 0 Å². The number of carbonyl (C=O) groups excluding carboxylic acids is 2. The number of benzene rings is 2. The Labute approximate surface area is 183 Å². The van der Waals surface area contributed by atoms with E-state index in [2.05, 4.69) is 5.32 Å². The van der Waals surface area contributed by atoms with E-state index in [-0.39, 0.29) is 18.9 Å². The average molecular weight is 449 g/mol. The van der Waals surface area contributed by atoms with Crippen LogP contribution in [0.25, 0.3) is 0 Å². The molecule has 0 spiro atoms. The molecular formula is C22H28N2O6S. The largest absolute Gasteiger partial charge is 0.492 e. The number of carbonyl (C=O) groups is 2. The number of hydrogen-bond acceptors (Lipinski definition) is 6. The Kier molecular flexibility index (Phi) is 8.44. The van der Waals surface area contributed by atoms with Crippen molar-refractivity contribution in [2.75, 3.05) is 36.1 Å². The number of sulfonamides is 1. The molecule has 0 saturated heterocycles. The number of nitrogens with one attached hydrogen (secondary N) is 1. The van der Waals surface area contributed by atoms with Crippen LogP contribution in [-0.2, 0) is 19.6 Å². The van der Waals surface area contributed by atoms with Crippen molar-refractivity contribution in [2.24, 2.45) is 0 Å². The molecular weight excluding hydrogens is 420 g/mol. The molecule has 0 aliphatic rings. The normalized spacial score (nSPS) is 11.0. The van der Waals surface area contributed by atoms with E-state index in [4.69, 9.17) is 9.47 Å². The van der Waals surface area contributed by atoms with Crippen LogP contribution in [0.4, 0.5) is 11.4 Å². The first-order valence-electron chi connectivity index (χ1n) is 9.86. The van der Waals surface area contributed by atoms with Crippen LogP contribution in [0.2, 0.25) is 0 Å². The van der Waals surface area contributed by atoms with Gasteiger partial charge in [-0.3, -0.25) is 9.10 Å². The molecule has 9 heteroatoms. The van der Waals surface area contributed by atoms with Gasteiger partial charge in [-0.25, -0.2) is 13.2 Å². The number of methoxy groups -OCH3 is 1. The van der Waals surface area contributed by atoms with E-state index in [1.54, 1.807) is 49.4 Å². The van der Waals surface area contributed by atoms with Crippen molar-refractivity contribution in [1.82, 2.24) is 0 Å². The lowest BCUT2D eigenvalue weighted by Crippen LogP contribution is -2.32. The highest BCUT2D eigenvalue weighted by Gasteiger charge is 2.21. The van der Waals surface area contributed by atoms with Gasteiger partial charge in [0.1, 0.15) is 5.75 Å². The fourth-order valence-corrected chi connectivity index (χ4v) is 4.07. The minimum atomic E-state index is -3.57. The van der Waals surface area contributed by atoms with Crippen LogP contribution in [-0.4, -0.2) is 46.8 Å². The highest BCUT2D eigenvalue weighted by atomic mass is 32.2. The van der Waals surface area contributed by atoms with Crippen LogP contribution in [0.1, 0.15) is 35.7 Å². The molecule has 1 amide bonds. The maximum absolute atomic E-state index is 12.4. The van der Waals surface area contributed by atoms with Crippen molar-refractivity contribution in [3.05, 3.63) is 53.6 Å². The van der Waals surface area contributed by atoms with Crippen LogP contribution in [0.3, 0.4) is 0 Å². The molecule has 2 aromatic carbocycles. The van der Waals surface area contributed by atoms with E-state index < -0.39 is 16.0 Å². The fourth-order valence-electron chi connectivity index (χ4n) is 3.10. The Bertz CT molecular complexity index is 1040. The molecule has 0 unspecified atom stereocenters. The first-order valence-corrected chi connectivity index (χ1v) is 11.7. The van der Waals surface area contributed by atoms with Crippen molar-refractivity contribution < 1.29 is 27.5 Å². The summed E-state index contributed by atoms with van der Waals surface area (Å²) in [6.07, 6.45) is 1.53. The zero-order valence-corrected chi connectivity index (χ0v) is 19.0. The zero-order valence-electron chi connectivity index (χ0n) is 18.2. The molecule has 8 nitrogen and oxygen atoms in total. The van der Waals surface area contributed by atoms with Gasteiger partial charge in [0.25, 0.3) is 0 Å². The number of amides is 1. The van der Waals surface area contributed by atoms with Crippen LogP contribution in [0.15, 0.2) is 42.5 Å². The summed E-state index contributed by atoms with van der Waals surface area (Å²) in [5, 5.41) is 2.77. The molecule has 0 fully saturated rings. The van der Waals surface area contributed by atoms with E-state index in [1.165, 1.54) is 11.4 Å². The summed E-state index contributed by atoms with van der Waals surface area (Å²) in [6.45, 7) is 4.07. The Morgan fingerprint density at radius 1 is 1.10 bits per heavy atom. The lowest BCUT2D eigenvalue weighted by Gasteiger charge is -2.24. The van der Waals surface area contributed by atoms with E-state index in [0.717, 1.165) is 6.26 Å². The fraction of sp³-hybridized carbons (Fsp3) is 0.364. The van der Waals surface area contributed by atoms with Gasteiger partial charge in [0, 0.05) is 18.7 Å². The van der Waals surface area contributed by atoms with Gasteiger partial charge in [-0.1, -0.05) is 18.2 Å². The topological polar surface area (TPSA) is 102 Å². The van der Waals surface area contributed by atoms with E-state index in [0.29, 0.717) is 41.3 Å². The summed E-state index contributed by atoms with van der Waals surface area (Å²) >= 11 is 0. The predicted octanol–water partition coefficient (Wildman–Crippen LogP) is 3.37. The van der Waals surface area contributed by atoms with Gasteiger partial charge >= 0.3 is 5.97 Å². The number of ether oxygens (including phenoxy) is 2. The molecule has 0 heterocycles. The first kappa shape index (κ1) is 24.2. The maximum atomic E-state index is 12.4. The highest BCUT2D eigenvalue weighted by molar-refractivity contribution is 7.92. The standard InChI is InChI=1S/C22H28N2O6S/c1-5-30-20-13-7-6-12-19(20)24(31(4,27)28)15-9-14-21(25)23-18-11-8-10-17(16(18)2)22(26)29-3/h6-8,10-13H,5,9,14-15H2,1-4H3,(H,23,25). The summed E-state index contributed by atoms with van der Waals surface area (Å²) in [5.41, 5.74) is 1.92. The van der Waals surface area contributed by atoms with Gasteiger partial charge in [0.2, 0.25) is 15.9 Å². The summed E-state index contributed by atoms with van der Waals surface area (Å²) in [6, 6.07) is 11.9. The molecule has 2 aromatic rings. The maximum Gasteiger partial charge on any atom is 0.338 e. The lowest BCUT2D eigenvalue weighted by molar-refractivity contribution is -0.116. The smallest absolute Gasteiger partial charge is 0.338 e. The number of para-hydroxylation sites is 2. The quantitative estimate of drug-likeness (QED) is 0.559. The minimum Gasteiger partial charge on any atom is -0.492 e. The highest BCUT2D eigenvalue weighted by Crippen LogP contribution is 2.30. The molecule has 31 heavy (non-hydrogen) atoms. The van der Waals surface area contributed by atoms with E-state index in [1.807, 2.05) is 6.92 Å². The van der Waals surface area contributed by atoms with Crippen molar-refractivity contribution in [2.45, 2.75) is 26.7 Å². The average Bonchev–Trinajstić information content (AvgIpc) is 2.72. The van der Waals surface area contributed by atoms with Crippen molar-refractivity contribution in [1.29, 1.82) is 0 Å². The Morgan fingerprint density at radius 2 is 1.81 bits per heavy atom. The van der Waals surface area contributed by atoms with E-state index in [9.17, 15) is 18.0 Å². The third-order valence-corrected chi connectivity index (χ3v) is 5.79. The number of nitrogens with zero attached hydrogens (tertiary/aromatic N) is 1. The molecule has 0 aromatic heterocycles. The lowest BCUT2D eigenvalue weighted by atomic mass is 10.1. The second-order valence-electron chi connectivity index (χ2n) is 6.86. The Balaban J connectivity index is 2.07.